The molecule has 2 bridgehead atoms. The molecule has 20 heavy (non-hydrogen) atoms. The van der Waals surface area contributed by atoms with Crippen LogP contribution in [0.3, 0.4) is 0 Å². The van der Waals surface area contributed by atoms with E-state index in [1.807, 2.05) is 13.0 Å². The van der Waals surface area contributed by atoms with Crippen LogP contribution in [0.1, 0.15) is 24.0 Å². The Labute approximate surface area is 120 Å². The van der Waals surface area contributed by atoms with Gasteiger partial charge in [-0.1, -0.05) is 36.4 Å². The molecule has 3 rings (SSSR count). The number of piperidine rings is 1. The summed E-state index contributed by atoms with van der Waals surface area (Å²) in [7, 11) is -3.10. The standard InChI is InChI=1S/C15H20N2O2S/c1-3-4-11-5-7-12(8-6-11)15-13-9-16-10-14(15)17(13)20(2,18)19/h3-8,13-16H,9-10H2,1-2H3/b4-3+/t13-,14+,15?. The van der Waals surface area contributed by atoms with Crippen LogP contribution >= 0.6 is 0 Å². The molecule has 3 atom stereocenters. The molecule has 1 aromatic carbocycles. The number of allylic oxidation sites excluding steroid dienone is 1. The third-order valence-electron chi connectivity index (χ3n) is 4.25. The van der Waals surface area contributed by atoms with E-state index < -0.39 is 10.0 Å². The van der Waals surface area contributed by atoms with Crippen molar-refractivity contribution in [3.8, 4) is 0 Å². The molecule has 2 aliphatic rings. The van der Waals surface area contributed by atoms with Crippen molar-refractivity contribution in [1.82, 2.24) is 9.62 Å². The molecule has 1 N–H and O–H groups in total. The fourth-order valence-electron chi connectivity index (χ4n) is 3.49. The molecule has 2 aliphatic heterocycles. The van der Waals surface area contributed by atoms with Gasteiger partial charge in [-0.2, -0.15) is 4.31 Å². The number of nitrogens with zero attached hydrogens (tertiary/aromatic N) is 1. The molecular formula is C15H20N2O2S. The molecule has 0 aromatic heterocycles. The molecule has 0 radical (unpaired) electrons. The second-order valence-corrected chi connectivity index (χ2v) is 7.47. The Kier molecular flexibility index (Phi) is 3.44. The lowest BCUT2D eigenvalue weighted by molar-refractivity contribution is 0.0378. The van der Waals surface area contributed by atoms with Gasteiger partial charge in [-0.15, -0.1) is 0 Å². The summed E-state index contributed by atoms with van der Waals surface area (Å²) in [5, 5.41) is 3.30. The molecule has 0 spiro atoms. The Bertz CT molecular complexity index is 610. The largest absolute Gasteiger partial charge is 0.313 e. The summed E-state index contributed by atoms with van der Waals surface area (Å²) in [6.45, 7) is 3.48. The minimum atomic E-state index is -3.10. The first-order valence-corrected chi connectivity index (χ1v) is 8.79. The molecule has 0 aliphatic carbocycles. The van der Waals surface area contributed by atoms with Crippen LogP contribution in [0.5, 0.6) is 0 Å². The quantitative estimate of drug-likeness (QED) is 0.916. The van der Waals surface area contributed by atoms with Gasteiger partial charge in [0.25, 0.3) is 0 Å². The highest BCUT2D eigenvalue weighted by atomic mass is 32.2. The molecule has 4 nitrogen and oxygen atoms in total. The van der Waals surface area contributed by atoms with E-state index in [1.165, 1.54) is 17.4 Å². The third-order valence-corrected chi connectivity index (χ3v) is 5.56. The Morgan fingerprint density at radius 2 is 1.80 bits per heavy atom. The van der Waals surface area contributed by atoms with E-state index in [2.05, 4.69) is 35.7 Å². The number of benzene rings is 1. The smallest absolute Gasteiger partial charge is 0.211 e. The van der Waals surface area contributed by atoms with Gasteiger partial charge < -0.3 is 5.32 Å². The van der Waals surface area contributed by atoms with Crippen LogP contribution in [0.4, 0.5) is 0 Å². The van der Waals surface area contributed by atoms with Crippen LogP contribution in [0.25, 0.3) is 6.08 Å². The third kappa shape index (κ3) is 2.20. The van der Waals surface area contributed by atoms with Crippen molar-refractivity contribution in [1.29, 1.82) is 0 Å². The summed E-state index contributed by atoms with van der Waals surface area (Å²) in [4.78, 5) is 0. The maximum atomic E-state index is 11.8. The van der Waals surface area contributed by atoms with E-state index >= 15 is 0 Å². The molecule has 2 fully saturated rings. The van der Waals surface area contributed by atoms with Gasteiger partial charge in [-0.3, -0.25) is 0 Å². The summed E-state index contributed by atoms with van der Waals surface area (Å²) in [6, 6.07) is 8.59. The summed E-state index contributed by atoms with van der Waals surface area (Å²) in [5.74, 6) is 0.325. The fourth-order valence-corrected chi connectivity index (χ4v) is 4.88. The highest BCUT2D eigenvalue weighted by Crippen LogP contribution is 2.43. The summed E-state index contributed by atoms with van der Waals surface area (Å²) < 4.78 is 25.3. The van der Waals surface area contributed by atoms with E-state index in [-0.39, 0.29) is 12.1 Å². The Hall–Kier alpha value is -1.17. The molecule has 2 saturated heterocycles. The molecule has 0 saturated carbocycles. The van der Waals surface area contributed by atoms with Crippen molar-refractivity contribution in [3.63, 3.8) is 0 Å². The van der Waals surface area contributed by atoms with Gasteiger partial charge in [0.1, 0.15) is 0 Å². The number of piperazine rings is 1. The van der Waals surface area contributed by atoms with Gasteiger partial charge in [0.05, 0.1) is 6.26 Å². The van der Waals surface area contributed by atoms with Crippen LogP contribution in [0, 0.1) is 0 Å². The highest BCUT2D eigenvalue weighted by molar-refractivity contribution is 7.88. The van der Waals surface area contributed by atoms with Crippen LogP contribution in [0.2, 0.25) is 0 Å². The minimum Gasteiger partial charge on any atom is -0.313 e. The Morgan fingerprint density at radius 1 is 1.20 bits per heavy atom. The maximum Gasteiger partial charge on any atom is 0.211 e. The number of nitrogens with one attached hydrogen (secondary N) is 1. The molecule has 0 amide bonds. The Balaban J connectivity index is 1.85. The van der Waals surface area contributed by atoms with Crippen LogP contribution in [-0.4, -0.2) is 44.2 Å². The van der Waals surface area contributed by atoms with E-state index in [9.17, 15) is 8.42 Å². The number of fused-ring (bicyclic) bond motifs is 2. The van der Waals surface area contributed by atoms with Crippen molar-refractivity contribution in [3.05, 3.63) is 41.5 Å². The lowest BCUT2D eigenvalue weighted by atomic mass is 9.75. The first kappa shape index (κ1) is 13.8. The molecular weight excluding hydrogens is 272 g/mol. The van der Waals surface area contributed by atoms with Crippen LogP contribution in [-0.2, 0) is 10.0 Å². The van der Waals surface area contributed by atoms with Gasteiger partial charge in [0.15, 0.2) is 0 Å². The normalized spacial score (nSPS) is 30.4. The molecule has 1 unspecified atom stereocenters. The predicted molar refractivity (Wildman–Crippen MR) is 81.0 cm³/mol. The number of rotatable bonds is 3. The number of hydrogen-bond donors (Lipinski definition) is 1. The summed E-state index contributed by atoms with van der Waals surface area (Å²) >= 11 is 0. The zero-order valence-electron chi connectivity index (χ0n) is 11.8. The van der Waals surface area contributed by atoms with Gasteiger partial charge in [0.2, 0.25) is 10.0 Å². The molecule has 108 valence electrons. The Morgan fingerprint density at radius 3 is 2.30 bits per heavy atom. The van der Waals surface area contributed by atoms with Crippen molar-refractivity contribution in [2.24, 2.45) is 0 Å². The first-order chi connectivity index (χ1) is 9.52. The molecule has 1 aromatic rings. The van der Waals surface area contributed by atoms with Crippen molar-refractivity contribution >= 4 is 16.1 Å². The average Bonchev–Trinajstić information content (AvgIpc) is 2.40. The van der Waals surface area contributed by atoms with Gasteiger partial charge >= 0.3 is 0 Å². The van der Waals surface area contributed by atoms with E-state index in [0.29, 0.717) is 5.92 Å². The van der Waals surface area contributed by atoms with Gasteiger partial charge in [0, 0.05) is 31.1 Å². The topological polar surface area (TPSA) is 49.4 Å². The fraction of sp³-hybridized carbons (Fsp3) is 0.467. The second-order valence-electron chi connectivity index (χ2n) is 5.58. The average molecular weight is 292 g/mol. The zero-order chi connectivity index (χ0) is 14.3. The van der Waals surface area contributed by atoms with Crippen molar-refractivity contribution in [2.75, 3.05) is 19.3 Å². The lowest BCUT2D eigenvalue weighted by Gasteiger charge is -2.57. The van der Waals surface area contributed by atoms with Crippen molar-refractivity contribution in [2.45, 2.75) is 24.9 Å². The van der Waals surface area contributed by atoms with Gasteiger partial charge in [-0.05, 0) is 18.1 Å². The zero-order valence-corrected chi connectivity index (χ0v) is 12.6. The van der Waals surface area contributed by atoms with Crippen molar-refractivity contribution < 1.29 is 8.42 Å². The maximum absolute atomic E-state index is 11.8. The first-order valence-electron chi connectivity index (χ1n) is 6.94. The SMILES string of the molecule is C/C=C/c1ccc(C2[C@H]3CNC[C@@H]2N3S(C)(=O)=O)cc1. The predicted octanol–water partition coefficient (Wildman–Crippen LogP) is 1.42. The second kappa shape index (κ2) is 4.98. The van der Waals surface area contributed by atoms with Crippen LogP contribution < -0.4 is 5.32 Å². The van der Waals surface area contributed by atoms with E-state index in [0.717, 1.165) is 13.1 Å². The van der Waals surface area contributed by atoms with Gasteiger partial charge in [-0.25, -0.2) is 8.42 Å². The van der Waals surface area contributed by atoms with E-state index in [1.54, 1.807) is 4.31 Å². The summed E-state index contributed by atoms with van der Waals surface area (Å²) in [6.07, 6.45) is 5.39. The molecule has 5 heteroatoms. The number of sulfonamides is 1. The minimum absolute atomic E-state index is 0.0660. The van der Waals surface area contributed by atoms with Crippen LogP contribution in [0.15, 0.2) is 30.3 Å². The lowest BCUT2D eigenvalue weighted by Crippen LogP contribution is -2.73. The van der Waals surface area contributed by atoms with E-state index in [4.69, 9.17) is 0 Å². The molecule has 2 heterocycles. The monoisotopic (exact) mass is 292 g/mol. The number of hydrogen-bond acceptors (Lipinski definition) is 3. The summed E-state index contributed by atoms with van der Waals surface area (Å²) in [5.41, 5.74) is 2.42. The highest BCUT2D eigenvalue weighted by Gasteiger charge is 2.55.